The molecule has 5 aromatic rings. The number of nitrogens with one attached hydrogen (secondary N) is 3. The van der Waals surface area contributed by atoms with Crippen LogP contribution in [-0.4, -0.2) is 30.1 Å². The Morgan fingerprint density at radius 1 is 0.929 bits per heavy atom. The zero-order valence-electron chi connectivity index (χ0n) is 14.5. The number of rotatable bonds is 4. The van der Waals surface area contributed by atoms with E-state index in [1.165, 1.54) is 0 Å². The summed E-state index contributed by atoms with van der Waals surface area (Å²) >= 11 is 5.96. The summed E-state index contributed by atoms with van der Waals surface area (Å²) in [5.41, 5.74) is 4.18. The van der Waals surface area contributed by atoms with E-state index < -0.39 is 0 Å². The molecule has 0 bridgehead atoms. The van der Waals surface area contributed by atoms with Crippen LogP contribution in [0.2, 0.25) is 5.02 Å². The standard InChI is InChI=1S/C20H14ClN7/c21-13-7-5-12(6-8-13)19-22-10-9-17(27-19)24-16-11-23-28-18(16)20-25-14-3-1-2-4-15(14)26-20/h1-11H,(H,23,28)(H,25,26)(H,22,24,27). The van der Waals surface area contributed by atoms with Crippen LogP contribution in [0.1, 0.15) is 0 Å². The minimum absolute atomic E-state index is 0.607. The highest BCUT2D eigenvalue weighted by Gasteiger charge is 2.14. The van der Waals surface area contributed by atoms with Crippen LogP contribution in [-0.2, 0) is 0 Å². The number of aromatic nitrogens is 6. The number of fused-ring (bicyclic) bond motifs is 1. The summed E-state index contributed by atoms with van der Waals surface area (Å²) < 4.78 is 0. The van der Waals surface area contributed by atoms with Gasteiger partial charge in [-0.05, 0) is 42.5 Å². The Balaban J connectivity index is 1.47. The molecule has 0 aliphatic rings. The van der Waals surface area contributed by atoms with Crippen LogP contribution in [0.4, 0.5) is 11.5 Å². The monoisotopic (exact) mass is 387 g/mol. The number of imidazole rings is 1. The molecule has 2 aromatic carbocycles. The van der Waals surface area contributed by atoms with E-state index in [0.29, 0.717) is 28.2 Å². The quantitative estimate of drug-likeness (QED) is 0.411. The van der Waals surface area contributed by atoms with Gasteiger partial charge in [-0.2, -0.15) is 5.10 Å². The third-order valence-electron chi connectivity index (χ3n) is 4.27. The van der Waals surface area contributed by atoms with Gasteiger partial charge in [0.1, 0.15) is 5.82 Å². The molecule has 0 spiro atoms. The molecule has 0 saturated heterocycles. The van der Waals surface area contributed by atoms with Crippen molar-refractivity contribution in [2.24, 2.45) is 0 Å². The van der Waals surface area contributed by atoms with Gasteiger partial charge in [0, 0.05) is 23.0 Å². The van der Waals surface area contributed by atoms with Gasteiger partial charge in [0.2, 0.25) is 0 Å². The molecule has 3 N–H and O–H groups in total. The topological polar surface area (TPSA) is 95.2 Å². The third kappa shape index (κ3) is 3.08. The molecular formula is C20H14ClN7. The largest absolute Gasteiger partial charge is 0.337 e. The Morgan fingerprint density at radius 2 is 1.79 bits per heavy atom. The number of H-pyrrole nitrogens is 2. The van der Waals surface area contributed by atoms with Crippen molar-refractivity contribution < 1.29 is 0 Å². The van der Waals surface area contributed by atoms with Crippen molar-refractivity contribution in [2.75, 3.05) is 5.32 Å². The first kappa shape index (κ1) is 16.5. The maximum atomic E-state index is 5.96. The van der Waals surface area contributed by atoms with Gasteiger partial charge in [-0.1, -0.05) is 23.7 Å². The number of aromatic amines is 2. The Bertz CT molecular complexity index is 1220. The van der Waals surface area contributed by atoms with Crippen molar-refractivity contribution in [3.05, 3.63) is 72.0 Å². The Labute approximate surface area is 164 Å². The number of para-hydroxylation sites is 2. The Morgan fingerprint density at radius 3 is 2.64 bits per heavy atom. The Hall–Kier alpha value is -3.71. The lowest BCUT2D eigenvalue weighted by Gasteiger charge is -2.06. The molecule has 0 aliphatic carbocycles. The predicted octanol–water partition coefficient (Wildman–Crippen LogP) is 4.81. The first-order valence-corrected chi connectivity index (χ1v) is 8.99. The van der Waals surface area contributed by atoms with Crippen LogP contribution in [0.3, 0.4) is 0 Å². The summed E-state index contributed by atoms with van der Waals surface area (Å²) in [6.45, 7) is 0. The van der Waals surface area contributed by atoms with Crippen LogP contribution >= 0.6 is 11.6 Å². The summed E-state index contributed by atoms with van der Waals surface area (Å²) in [6.07, 6.45) is 3.48. The molecule has 28 heavy (non-hydrogen) atoms. The molecule has 7 nitrogen and oxygen atoms in total. The Kier molecular flexibility index (Phi) is 3.99. The highest BCUT2D eigenvalue weighted by atomic mass is 35.5. The van der Waals surface area contributed by atoms with Gasteiger partial charge in [-0.25, -0.2) is 15.0 Å². The maximum absolute atomic E-state index is 5.96. The van der Waals surface area contributed by atoms with Gasteiger partial charge >= 0.3 is 0 Å². The van der Waals surface area contributed by atoms with Gasteiger partial charge < -0.3 is 10.3 Å². The van der Waals surface area contributed by atoms with Gasteiger partial charge in [-0.3, -0.25) is 5.10 Å². The fraction of sp³-hybridized carbons (Fsp3) is 0. The molecule has 0 amide bonds. The SMILES string of the molecule is Clc1ccc(-c2nccc(Nc3c[nH]nc3-c3nc4ccccc4[nH]3)n2)cc1. The minimum Gasteiger partial charge on any atom is -0.337 e. The molecule has 0 fully saturated rings. The van der Waals surface area contributed by atoms with E-state index in [-0.39, 0.29) is 0 Å². The molecule has 3 aromatic heterocycles. The molecule has 5 rings (SSSR count). The number of benzene rings is 2. The molecule has 136 valence electrons. The van der Waals surface area contributed by atoms with Crippen LogP contribution < -0.4 is 5.32 Å². The maximum Gasteiger partial charge on any atom is 0.161 e. The van der Waals surface area contributed by atoms with E-state index >= 15 is 0 Å². The fourth-order valence-electron chi connectivity index (χ4n) is 2.94. The van der Waals surface area contributed by atoms with Crippen molar-refractivity contribution >= 4 is 34.1 Å². The van der Waals surface area contributed by atoms with Crippen LogP contribution in [0.15, 0.2) is 67.0 Å². The molecule has 0 atom stereocenters. The van der Waals surface area contributed by atoms with Gasteiger partial charge in [0.25, 0.3) is 0 Å². The molecule has 0 unspecified atom stereocenters. The number of anilines is 2. The molecule has 0 aliphatic heterocycles. The van der Waals surface area contributed by atoms with Gasteiger partial charge in [0.15, 0.2) is 17.3 Å². The first-order valence-electron chi connectivity index (χ1n) is 8.61. The molecule has 3 heterocycles. The lowest BCUT2D eigenvalue weighted by atomic mass is 10.2. The average Bonchev–Trinajstić information content (AvgIpc) is 3.35. The zero-order valence-corrected chi connectivity index (χ0v) is 15.3. The van der Waals surface area contributed by atoms with E-state index in [1.807, 2.05) is 48.5 Å². The first-order chi connectivity index (χ1) is 13.8. The second-order valence-corrected chi connectivity index (χ2v) is 6.58. The third-order valence-corrected chi connectivity index (χ3v) is 4.53. The molecule has 0 radical (unpaired) electrons. The zero-order chi connectivity index (χ0) is 18.9. The summed E-state index contributed by atoms with van der Waals surface area (Å²) in [5, 5.41) is 11.2. The number of hydrogen-bond donors (Lipinski definition) is 3. The van der Waals surface area contributed by atoms with Crippen molar-refractivity contribution in [3.63, 3.8) is 0 Å². The smallest absolute Gasteiger partial charge is 0.161 e. The second kappa shape index (κ2) is 6.79. The average molecular weight is 388 g/mol. The highest BCUT2D eigenvalue weighted by Crippen LogP contribution is 2.28. The number of nitrogens with zero attached hydrogens (tertiary/aromatic N) is 4. The lowest BCUT2D eigenvalue weighted by molar-refractivity contribution is 1.08. The van der Waals surface area contributed by atoms with Crippen molar-refractivity contribution in [1.29, 1.82) is 0 Å². The van der Waals surface area contributed by atoms with Crippen molar-refractivity contribution in [2.45, 2.75) is 0 Å². The lowest BCUT2D eigenvalue weighted by Crippen LogP contribution is -1.97. The van der Waals surface area contributed by atoms with Crippen molar-refractivity contribution in [3.8, 4) is 22.9 Å². The molecular weight excluding hydrogens is 374 g/mol. The van der Waals surface area contributed by atoms with Crippen LogP contribution in [0, 0.1) is 0 Å². The fourth-order valence-corrected chi connectivity index (χ4v) is 3.06. The van der Waals surface area contributed by atoms with E-state index in [1.54, 1.807) is 18.5 Å². The summed E-state index contributed by atoms with van der Waals surface area (Å²) in [4.78, 5) is 16.8. The normalized spacial score (nSPS) is 11.0. The van der Waals surface area contributed by atoms with Gasteiger partial charge in [0.05, 0.1) is 16.7 Å². The second-order valence-electron chi connectivity index (χ2n) is 6.15. The predicted molar refractivity (Wildman–Crippen MR) is 109 cm³/mol. The van der Waals surface area contributed by atoms with Crippen LogP contribution in [0.25, 0.3) is 33.9 Å². The number of halogens is 1. The molecule has 0 saturated carbocycles. The minimum atomic E-state index is 0.607. The van der Waals surface area contributed by atoms with E-state index in [9.17, 15) is 0 Å². The van der Waals surface area contributed by atoms with Gasteiger partial charge in [-0.15, -0.1) is 0 Å². The van der Waals surface area contributed by atoms with E-state index in [2.05, 4.69) is 35.5 Å². The highest BCUT2D eigenvalue weighted by molar-refractivity contribution is 6.30. The van der Waals surface area contributed by atoms with Crippen molar-refractivity contribution in [1.82, 2.24) is 30.1 Å². The summed E-state index contributed by atoms with van der Waals surface area (Å²) in [5.74, 6) is 1.94. The van der Waals surface area contributed by atoms with E-state index in [0.717, 1.165) is 22.3 Å². The number of hydrogen-bond acceptors (Lipinski definition) is 5. The molecule has 8 heteroatoms. The summed E-state index contributed by atoms with van der Waals surface area (Å²) in [7, 11) is 0. The van der Waals surface area contributed by atoms with Crippen LogP contribution in [0.5, 0.6) is 0 Å². The summed E-state index contributed by atoms with van der Waals surface area (Å²) in [6, 6.07) is 17.1. The van der Waals surface area contributed by atoms with E-state index in [4.69, 9.17) is 11.6 Å².